The molecule has 0 aromatic heterocycles. The molecule has 0 aliphatic heterocycles. The Kier molecular flexibility index (Phi) is 3.96. The molecular weight excluding hydrogens is 155 g/mol. The first kappa shape index (κ1) is 9.37. The van der Waals surface area contributed by atoms with Crippen molar-refractivity contribution in [3.05, 3.63) is 23.6 Å². The van der Waals surface area contributed by atoms with E-state index in [4.69, 9.17) is 11.6 Å². The number of hydrogen-bond acceptors (Lipinski definition) is 1. The molecule has 0 aromatic rings. The van der Waals surface area contributed by atoms with Gasteiger partial charge in [0.05, 0.1) is 0 Å². The Morgan fingerprint density at radius 1 is 1.60 bits per heavy atom. The van der Waals surface area contributed by atoms with Gasteiger partial charge >= 0.3 is 0 Å². The van der Waals surface area contributed by atoms with Crippen LogP contribution >= 0.6 is 11.6 Å². The van der Waals surface area contributed by atoms with Crippen LogP contribution in [0.1, 0.15) is 13.8 Å². The number of allylic oxidation sites excluding steroid dienone is 4. The van der Waals surface area contributed by atoms with Gasteiger partial charge in [-0.25, -0.2) is 4.39 Å². The Bertz CT molecular complexity index is 194. The molecule has 0 saturated carbocycles. The molecule has 0 rings (SSSR count). The standard InChI is InChI=1S/C7H8ClFO/c1-3-4-6(9)5(2)7(8)10/h3-4H,1-2H3. The summed E-state index contributed by atoms with van der Waals surface area (Å²) >= 11 is 4.99. The normalized spacial score (nSPS) is 13.6. The SMILES string of the molecule is CC=CC(F)=C(C)C(=O)Cl. The second-order valence-electron chi connectivity index (χ2n) is 1.75. The molecule has 0 saturated heterocycles. The largest absolute Gasteiger partial charge is 0.276 e. The van der Waals surface area contributed by atoms with Gasteiger partial charge in [0.25, 0.3) is 5.24 Å². The third-order valence-corrected chi connectivity index (χ3v) is 1.25. The van der Waals surface area contributed by atoms with Crippen molar-refractivity contribution in [2.24, 2.45) is 0 Å². The highest BCUT2D eigenvalue weighted by molar-refractivity contribution is 6.67. The summed E-state index contributed by atoms with van der Waals surface area (Å²) in [7, 11) is 0. The molecule has 0 spiro atoms. The van der Waals surface area contributed by atoms with E-state index in [0.717, 1.165) is 0 Å². The van der Waals surface area contributed by atoms with Crippen LogP contribution < -0.4 is 0 Å². The minimum atomic E-state index is -0.754. The number of halogens is 2. The molecule has 0 amide bonds. The van der Waals surface area contributed by atoms with Crippen molar-refractivity contribution in [1.29, 1.82) is 0 Å². The van der Waals surface area contributed by atoms with Crippen molar-refractivity contribution < 1.29 is 9.18 Å². The quantitative estimate of drug-likeness (QED) is 0.347. The molecule has 0 unspecified atom stereocenters. The minimum Gasteiger partial charge on any atom is -0.276 e. The summed E-state index contributed by atoms with van der Waals surface area (Å²) in [5, 5.41) is -0.754. The lowest BCUT2D eigenvalue weighted by Gasteiger charge is -1.90. The van der Waals surface area contributed by atoms with Crippen LogP contribution in [0.2, 0.25) is 0 Å². The van der Waals surface area contributed by atoms with Gasteiger partial charge in [-0.05, 0) is 31.5 Å². The van der Waals surface area contributed by atoms with Crippen LogP contribution in [0.15, 0.2) is 23.6 Å². The van der Waals surface area contributed by atoms with Crippen molar-refractivity contribution in [3.63, 3.8) is 0 Å². The molecule has 0 N–H and O–H groups in total. The van der Waals surface area contributed by atoms with Gasteiger partial charge in [-0.1, -0.05) is 6.08 Å². The number of carbonyl (C=O) groups is 1. The summed E-state index contributed by atoms with van der Waals surface area (Å²) in [6.45, 7) is 3.00. The van der Waals surface area contributed by atoms with Crippen molar-refractivity contribution in [2.75, 3.05) is 0 Å². The molecule has 1 nitrogen and oxygen atoms in total. The molecule has 3 heteroatoms. The minimum absolute atomic E-state index is 0.0558. The Labute approximate surface area is 64.2 Å². The van der Waals surface area contributed by atoms with Gasteiger partial charge in [0, 0.05) is 5.57 Å². The second kappa shape index (κ2) is 4.23. The van der Waals surface area contributed by atoms with E-state index in [1.165, 1.54) is 19.1 Å². The van der Waals surface area contributed by atoms with E-state index in [1.807, 2.05) is 0 Å². The average molecular weight is 163 g/mol. The number of hydrogen-bond donors (Lipinski definition) is 0. The van der Waals surface area contributed by atoms with Crippen molar-refractivity contribution >= 4 is 16.8 Å². The Morgan fingerprint density at radius 2 is 2.10 bits per heavy atom. The smallest absolute Gasteiger partial charge is 0.250 e. The van der Waals surface area contributed by atoms with Gasteiger partial charge in [0.2, 0.25) is 0 Å². The van der Waals surface area contributed by atoms with E-state index in [0.29, 0.717) is 0 Å². The van der Waals surface area contributed by atoms with Crippen LogP contribution in [0.25, 0.3) is 0 Å². The lowest BCUT2D eigenvalue weighted by molar-refractivity contribution is -0.108. The van der Waals surface area contributed by atoms with Gasteiger partial charge in [0.1, 0.15) is 5.83 Å². The van der Waals surface area contributed by atoms with E-state index < -0.39 is 11.1 Å². The lowest BCUT2D eigenvalue weighted by Crippen LogP contribution is -1.89. The van der Waals surface area contributed by atoms with E-state index in [1.54, 1.807) is 6.92 Å². The van der Waals surface area contributed by atoms with Gasteiger partial charge in [-0.3, -0.25) is 4.79 Å². The van der Waals surface area contributed by atoms with Gasteiger partial charge in [-0.2, -0.15) is 0 Å². The molecule has 10 heavy (non-hydrogen) atoms. The number of carbonyl (C=O) groups excluding carboxylic acids is 1. The molecule has 0 bridgehead atoms. The number of rotatable bonds is 2. The summed E-state index contributed by atoms with van der Waals surface area (Å²) in [5.41, 5.74) is -0.0558. The van der Waals surface area contributed by atoms with Crippen molar-refractivity contribution in [3.8, 4) is 0 Å². The molecule has 0 atom stereocenters. The zero-order valence-electron chi connectivity index (χ0n) is 5.82. The van der Waals surface area contributed by atoms with Crippen LogP contribution in [0.3, 0.4) is 0 Å². The first-order valence-electron chi connectivity index (χ1n) is 2.78. The summed E-state index contributed by atoms with van der Waals surface area (Å²) in [6.07, 6.45) is 2.69. The average Bonchev–Trinajstić information content (AvgIpc) is 1.87. The predicted octanol–water partition coefficient (Wildman–Crippen LogP) is 2.57. The highest BCUT2D eigenvalue weighted by Gasteiger charge is 2.03. The fourth-order valence-corrected chi connectivity index (χ4v) is 0.455. The third kappa shape index (κ3) is 2.78. The van der Waals surface area contributed by atoms with E-state index in [-0.39, 0.29) is 5.57 Å². The van der Waals surface area contributed by atoms with E-state index in [2.05, 4.69) is 0 Å². The fraction of sp³-hybridized carbons (Fsp3) is 0.286. The maximum atomic E-state index is 12.5. The second-order valence-corrected chi connectivity index (χ2v) is 2.09. The van der Waals surface area contributed by atoms with E-state index in [9.17, 15) is 9.18 Å². The zero-order valence-corrected chi connectivity index (χ0v) is 6.57. The van der Waals surface area contributed by atoms with Crippen molar-refractivity contribution in [2.45, 2.75) is 13.8 Å². The highest BCUT2D eigenvalue weighted by atomic mass is 35.5. The van der Waals surface area contributed by atoms with Gasteiger partial charge in [0.15, 0.2) is 0 Å². The lowest BCUT2D eigenvalue weighted by atomic mass is 10.3. The van der Waals surface area contributed by atoms with Crippen LogP contribution in [0.4, 0.5) is 4.39 Å². The van der Waals surface area contributed by atoms with Gasteiger partial charge < -0.3 is 0 Å². The highest BCUT2D eigenvalue weighted by Crippen LogP contribution is 2.09. The molecule has 0 fully saturated rings. The molecule has 0 aliphatic rings. The van der Waals surface area contributed by atoms with Crippen LogP contribution in [0, 0.1) is 0 Å². The Balaban J connectivity index is 4.50. The molecule has 0 aromatic carbocycles. The first-order chi connectivity index (χ1) is 4.59. The zero-order chi connectivity index (χ0) is 8.15. The molecule has 0 radical (unpaired) electrons. The molecule has 0 heterocycles. The summed E-state index contributed by atoms with van der Waals surface area (Å²) in [5.74, 6) is -0.581. The molecule has 0 aliphatic carbocycles. The summed E-state index contributed by atoms with van der Waals surface area (Å²) in [6, 6.07) is 0. The van der Waals surface area contributed by atoms with Crippen LogP contribution in [-0.4, -0.2) is 5.24 Å². The van der Waals surface area contributed by atoms with Crippen LogP contribution in [0.5, 0.6) is 0 Å². The fourth-order valence-electron chi connectivity index (χ4n) is 0.365. The van der Waals surface area contributed by atoms with Crippen LogP contribution in [-0.2, 0) is 4.79 Å². The first-order valence-corrected chi connectivity index (χ1v) is 3.16. The molecular formula is C7H8ClFO. The molecule has 56 valence electrons. The maximum Gasteiger partial charge on any atom is 0.250 e. The Morgan fingerprint density at radius 3 is 2.40 bits per heavy atom. The van der Waals surface area contributed by atoms with Crippen molar-refractivity contribution in [1.82, 2.24) is 0 Å². The third-order valence-electron chi connectivity index (χ3n) is 0.966. The van der Waals surface area contributed by atoms with E-state index >= 15 is 0 Å². The summed E-state index contributed by atoms with van der Waals surface area (Å²) in [4.78, 5) is 10.3. The van der Waals surface area contributed by atoms with Gasteiger partial charge in [-0.15, -0.1) is 0 Å². The predicted molar refractivity (Wildman–Crippen MR) is 39.5 cm³/mol. The topological polar surface area (TPSA) is 17.1 Å². The summed E-state index contributed by atoms with van der Waals surface area (Å²) < 4.78 is 12.5. The Hall–Kier alpha value is -0.630. The monoisotopic (exact) mass is 162 g/mol. The maximum absolute atomic E-state index is 12.5.